The lowest BCUT2D eigenvalue weighted by Crippen LogP contribution is -2.49. The Morgan fingerprint density at radius 1 is 1.18 bits per heavy atom. The van der Waals surface area contributed by atoms with E-state index >= 15 is 0 Å². The molecule has 0 unspecified atom stereocenters. The van der Waals surface area contributed by atoms with Gasteiger partial charge in [-0.3, -0.25) is 9.69 Å². The van der Waals surface area contributed by atoms with Crippen LogP contribution in [0, 0.1) is 25.2 Å². The normalized spacial score (nSPS) is 20.1. The standard InChI is InChI=1S/C24H30N4O4S/c1-18-14-22(19(2)28(18)16-21-7-5-13-32-21)23(29)17-26-9-11-27(12-10-26)33(30,31)24-8-4-3-6-20(24)15-25/h3-4,6,8,14,21H,5,7,9-13,16-17H2,1-2H3/t21-/m1/s1. The predicted molar refractivity (Wildman–Crippen MR) is 124 cm³/mol. The molecule has 2 aliphatic heterocycles. The summed E-state index contributed by atoms with van der Waals surface area (Å²) in [7, 11) is -3.75. The third kappa shape index (κ3) is 4.89. The maximum Gasteiger partial charge on any atom is 0.244 e. The van der Waals surface area contributed by atoms with Gasteiger partial charge in [0.25, 0.3) is 0 Å². The van der Waals surface area contributed by atoms with Gasteiger partial charge >= 0.3 is 0 Å². The van der Waals surface area contributed by atoms with Gasteiger partial charge in [-0.25, -0.2) is 8.42 Å². The average molecular weight is 471 g/mol. The van der Waals surface area contributed by atoms with Crippen molar-refractivity contribution in [3.05, 3.63) is 52.8 Å². The number of rotatable bonds is 7. The molecule has 4 rings (SSSR count). The zero-order chi connectivity index (χ0) is 23.6. The molecule has 2 aromatic rings. The van der Waals surface area contributed by atoms with Gasteiger partial charge in [0.2, 0.25) is 10.0 Å². The van der Waals surface area contributed by atoms with Crippen LogP contribution < -0.4 is 0 Å². The maximum absolute atomic E-state index is 13.1. The fourth-order valence-electron chi connectivity index (χ4n) is 4.70. The van der Waals surface area contributed by atoms with E-state index < -0.39 is 10.0 Å². The van der Waals surface area contributed by atoms with Crippen LogP contribution in [0.5, 0.6) is 0 Å². The Labute approximate surface area is 195 Å². The molecule has 1 aromatic heterocycles. The topological polar surface area (TPSA) is 95.6 Å². The molecule has 1 aromatic carbocycles. The Hall–Kier alpha value is -2.51. The van der Waals surface area contributed by atoms with Gasteiger partial charge in [-0.05, 0) is 44.9 Å². The summed E-state index contributed by atoms with van der Waals surface area (Å²) in [4.78, 5) is 15.1. The van der Waals surface area contributed by atoms with Crippen LogP contribution in [-0.2, 0) is 21.3 Å². The van der Waals surface area contributed by atoms with E-state index in [0.29, 0.717) is 13.1 Å². The summed E-state index contributed by atoms with van der Waals surface area (Å²) in [5.41, 5.74) is 2.89. The first-order valence-corrected chi connectivity index (χ1v) is 12.8. The fraction of sp³-hybridized carbons (Fsp3) is 0.500. The zero-order valence-corrected chi connectivity index (χ0v) is 20.0. The Bertz CT molecular complexity index is 1170. The molecule has 0 radical (unpaired) electrons. The average Bonchev–Trinajstić information content (AvgIpc) is 3.43. The summed E-state index contributed by atoms with van der Waals surface area (Å²) in [6, 6.07) is 10.2. The minimum absolute atomic E-state index is 0.0377. The number of piperazine rings is 1. The first-order chi connectivity index (χ1) is 15.8. The number of aromatic nitrogens is 1. The van der Waals surface area contributed by atoms with Gasteiger partial charge in [0.05, 0.1) is 23.1 Å². The number of hydrogen-bond donors (Lipinski definition) is 0. The van der Waals surface area contributed by atoms with Gasteiger partial charge in [-0.1, -0.05) is 12.1 Å². The van der Waals surface area contributed by atoms with Crippen molar-refractivity contribution >= 4 is 15.8 Å². The van der Waals surface area contributed by atoms with Crippen LogP contribution >= 0.6 is 0 Å². The summed E-state index contributed by atoms with van der Waals surface area (Å²) < 4.78 is 35.4. The van der Waals surface area contributed by atoms with Crippen molar-refractivity contribution in [2.75, 3.05) is 39.3 Å². The van der Waals surface area contributed by atoms with Crippen molar-refractivity contribution in [3.63, 3.8) is 0 Å². The largest absolute Gasteiger partial charge is 0.376 e. The van der Waals surface area contributed by atoms with Crippen LogP contribution in [-0.4, -0.2) is 73.4 Å². The first kappa shape index (κ1) is 23.6. The van der Waals surface area contributed by atoms with E-state index in [-0.39, 0.29) is 42.0 Å². The maximum atomic E-state index is 13.1. The highest BCUT2D eigenvalue weighted by Crippen LogP contribution is 2.23. The highest BCUT2D eigenvalue weighted by Gasteiger charge is 2.31. The minimum atomic E-state index is -3.75. The molecular weight excluding hydrogens is 440 g/mol. The van der Waals surface area contributed by atoms with Crippen LogP contribution in [0.4, 0.5) is 0 Å². The Morgan fingerprint density at radius 2 is 1.91 bits per heavy atom. The molecule has 0 amide bonds. The smallest absolute Gasteiger partial charge is 0.244 e. The van der Waals surface area contributed by atoms with Crippen molar-refractivity contribution in [2.45, 2.75) is 44.2 Å². The monoisotopic (exact) mass is 470 g/mol. The fourth-order valence-corrected chi connectivity index (χ4v) is 6.26. The highest BCUT2D eigenvalue weighted by molar-refractivity contribution is 7.89. The molecule has 1 atom stereocenters. The second-order valence-corrected chi connectivity index (χ2v) is 10.6. The molecule has 2 aliphatic rings. The van der Waals surface area contributed by atoms with E-state index in [1.54, 1.807) is 12.1 Å². The van der Waals surface area contributed by atoms with Gasteiger partial charge in [0.15, 0.2) is 5.78 Å². The van der Waals surface area contributed by atoms with Crippen molar-refractivity contribution < 1.29 is 17.9 Å². The number of nitrogens with zero attached hydrogens (tertiary/aromatic N) is 4. The van der Waals surface area contributed by atoms with Crippen molar-refractivity contribution in [2.24, 2.45) is 0 Å². The van der Waals surface area contributed by atoms with Gasteiger partial charge in [0.1, 0.15) is 6.07 Å². The summed E-state index contributed by atoms with van der Waals surface area (Å²) in [6.07, 6.45) is 2.34. The number of benzene rings is 1. The molecule has 8 nitrogen and oxygen atoms in total. The number of ether oxygens (including phenoxy) is 1. The molecule has 33 heavy (non-hydrogen) atoms. The van der Waals surface area contributed by atoms with Crippen molar-refractivity contribution in [1.29, 1.82) is 5.26 Å². The van der Waals surface area contributed by atoms with Crippen LogP contribution in [0.15, 0.2) is 35.2 Å². The number of ketones is 1. The lowest BCUT2D eigenvalue weighted by atomic mass is 10.1. The van der Waals surface area contributed by atoms with E-state index in [1.807, 2.05) is 30.9 Å². The summed E-state index contributed by atoms with van der Waals surface area (Å²) in [5, 5.41) is 9.27. The first-order valence-electron chi connectivity index (χ1n) is 11.3. The number of carbonyl (C=O) groups is 1. The molecule has 0 saturated carbocycles. The molecule has 2 saturated heterocycles. The van der Waals surface area contributed by atoms with Gasteiger partial charge in [0, 0.05) is 56.3 Å². The molecule has 0 spiro atoms. The Kier molecular flexibility index (Phi) is 7.00. The van der Waals surface area contributed by atoms with Gasteiger partial charge in [-0.15, -0.1) is 0 Å². The van der Waals surface area contributed by atoms with E-state index in [2.05, 4.69) is 4.57 Å². The molecule has 0 aliphatic carbocycles. The number of sulfonamides is 1. The van der Waals surface area contributed by atoms with Crippen LogP contribution in [0.2, 0.25) is 0 Å². The summed E-state index contributed by atoms with van der Waals surface area (Å²) in [6.45, 7) is 7.33. The summed E-state index contributed by atoms with van der Waals surface area (Å²) >= 11 is 0. The Balaban J connectivity index is 1.38. The van der Waals surface area contributed by atoms with Crippen LogP contribution in [0.3, 0.4) is 0 Å². The van der Waals surface area contributed by atoms with Crippen molar-refractivity contribution in [1.82, 2.24) is 13.8 Å². The zero-order valence-electron chi connectivity index (χ0n) is 19.2. The quantitative estimate of drug-likeness (QED) is 0.577. The molecule has 9 heteroatoms. The van der Waals surface area contributed by atoms with E-state index in [0.717, 1.165) is 42.9 Å². The number of hydrogen-bond acceptors (Lipinski definition) is 6. The molecule has 0 bridgehead atoms. The SMILES string of the molecule is Cc1cc(C(=O)CN2CCN(S(=O)(=O)c3ccccc3C#N)CC2)c(C)n1C[C@H]1CCCO1. The van der Waals surface area contributed by atoms with Gasteiger partial charge < -0.3 is 9.30 Å². The molecular formula is C24H30N4O4S. The summed E-state index contributed by atoms with van der Waals surface area (Å²) in [5.74, 6) is 0.0489. The number of aryl methyl sites for hydroxylation is 1. The van der Waals surface area contributed by atoms with Crippen LogP contribution in [0.1, 0.15) is 40.2 Å². The number of nitriles is 1. The molecule has 176 valence electrons. The van der Waals surface area contributed by atoms with Crippen LogP contribution in [0.25, 0.3) is 0 Å². The third-order valence-corrected chi connectivity index (χ3v) is 8.56. The lowest BCUT2D eigenvalue weighted by molar-refractivity contribution is 0.0896. The Morgan fingerprint density at radius 3 is 2.58 bits per heavy atom. The molecule has 3 heterocycles. The second kappa shape index (κ2) is 9.77. The lowest BCUT2D eigenvalue weighted by Gasteiger charge is -2.33. The number of Topliss-reactive ketones (excluding diaryl/α,β-unsaturated/α-hetero) is 1. The molecule has 0 N–H and O–H groups in total. The minimum Gasteiger partial charge on any atom is -0.376 e. The third-order valence-electron chi connectivity index (χ3n) is 6.61. The predicted octanol–water partition coefficient (Wildman–Crippen LogP) is 2.34. The highest BCUT2D eigenvalue weighted by atomic mass is 32.2. The molecule has 2 fully saturated rings. The van der Waals surface area contributed by atoms with E-state index in [4.69, 9.17) is 4.74 Å². The van der Waals surface area contributed by atoms with E-state index in [9.17, 15) is 18.5 Å². The number of carbonyl (C=O) groups excluding carboxylic acids is 1. The van der Waals surface area contributed by atoms with Gasteiger partial charge in [-0.2, -0.15) is 9.57 Å². The second-order valence-electron chi connectivity index (χ2n) is 8.74. The van der Waals surface area contributed by atoms with E-state index in [1.165, 1.54) is 16.4 Å². The van der Waals surface area contributed by atoms with Crippen molar-refractivity contribution in [3.8, 4) is 6.07 Å².